The molecule has 0 spiro atoms. The van der Waals surface area contributed by atoms with Gasteiger partial charge in [0.1, 0.15) is 5.78 Å². The zero-order valence-corrected chi connectivity index (χ0v) is 45.5. The van der Waals surface area contributed by atoms with Crippen molar-refractivity contribution < 1.29 is 210 Å². The van der Waals surface area contributed by atoms with Crippen molar-refractivity contribution in [2.24, 2.45) is 0 Å². The number of carbonyl (C=O) groups excluding carboxylic acids is 2. The van der Waals surface area contributed by atoms with Crippen LogP contribution in [0.5, 0.6) is 0 Å². The number of carbonyl (C=O) groups is 4. The normalized spacial score (nSPS) is 11.2. The molecular formula is C17H32Ac4Cl2N6O6S4-4. The largest absolute Gasteiger partial charge is 0.668 e. The van der Waals surface area contributed by atoms with Gasteiger partial charge in [-0.3, -0.25) is 14.4 Å². The number of thiol groups is 1. The second-order valence-corrected chi connectivity index (χ2v) is 9.05. The summed E-state index contributed by atoms with van der Waals surface area (Å²) in [5, 5.41) is 16.1. The summed E-state index contributed by atoms with van der Waals surface area (Å²) >= 11 is 13.1. The van der Waals surface area contributed by atoms with E-state index in [9.17, 15) is 19.2 Å². The van der Waals surface area contributed by atoms with E-state index < -0.39 is 41.9 Å². The second kappa shape index (κ2) is 50.1. The number of Topliss-reactive ketones (excluding diaryl/α,β-unsaturated/α-hetero) is 2. The third-order valence-electron chi connectivity index (χ3n) is 2.83. The van der Waals surface area contributed by atoms with Crippen molar-refractivity contribution in [3.8, 4) is 0 Å². The monoisotopic (exact) mass is 1520 g/mol. The van der Waals surface area contributed by atoms with Crippen LogP contribution in [-0.4, -0.2) is 117 Å². The predicted molar refractivity (Wildman–Crippen MR) is 154 cm³/mol. The van der Waals surface area contributed by atoms with Crippen molar-refractivity contribution in [2.45, 2.75) is 24.2 Å². The number of nitrogens with zero attached hydrogens (tertiary/aromatic N) is 2. The Morgan fingerprint density at radius 3 is 1.36 bits per heavy atom. The van der Waals surface area contributed by atoms with Crippen molar-refractivity contribution in [2.75, 3.05) is 47.7 Å². The Hall–Kier alpha value is 5.25. The molecule has 0 bridgehead atoms. The zero-order chi connectivity index (χ0) is 27.7. The van der Waals surface area contributed by atoms with E-state index in [0.29, 0.717) is 17.3 Å². The van der Waals surface area contributed by atoms with Gasteiger partial charge in [-0.15, -0.1) is 24.0 Å². The van der Waals surface area contributed by atoms with Gasteiger partial charge in [-0.2, -0.15) is 52.7 Å². The smallest absolute Gasteiger partial charge is 0.321 e. The van der Waals surface area contributed by atoms with Gasteiger partial charge < -0.3 is 43.5 Å². The molecule has 0 aliphatic heterocycles. The predicted octanol–water partition coefficient (Wildman–Crippen LogP) is 3.92. The Labute approximate surface area is 403 Å². The Bertz CT molecular complexity index is 654. The standard InChI is InChI=1S/C5H9ClNOS.C5H8N3OS.C4H8NO2S.C3H6NO2S.4Ac.ClH/c1-9-3-4(7)5(8)2-6;1-10-3-4(6)5(9)2-8-7;1-8-2-3(5)4(6)7;4-2(1-7)3(5)6;;;;;/h4,7H,2-3H2,1H3;2,4,6H,3H2,1H3;3,5H,2H2,1H3,(H,6,7);2,4,7H,1H2,(H,5,6);;;;;1H/q4*-1;;;;;. The molecule has 0 heterocycles. The van der Waals surface area contributed by atoms with Crippen LogP contribution in [0.4, 0.5) is 0 Å². The molecule has 0 rings (SSSR count). The molecule has 0 saturated carbocycles. The molecule has 0 amide bonds. The van der Waals surface area contributed by atoms with Crippen LogP contribution in [0.3, 0.4) is 0 Å². The summed E-state index contributed by atoms with van der Waals surface area (Å²) < 4.78 is 0. The first kappa shape index (κ1) is 66.6. The summed E-state index contributed by atoms with van der Waals surface area (Å²) in [5.74, 6) is -1.41. The molecule has 4 radical (unpaired) electrons. The molecule has 0 aromatic rings. The summed E-state index contributed by atoms with van der Waals surface area (Å²) in [6.45, 7) is 0. The van der Waals surface area contributed by atoms with Crippen LogP contribution >= 0.6 is 71.9 Å². The number of thioether (sulfide) groups is 3. The number of carboxylic acids is 2. The van der Waals surface area contributed by atoms with Gasteiger partial charge in [0.25, 0.3) is 11.9 Å². The van der Waals surface area contributed by atoms with E-state index in [2.05, 4.69) is 17.4 Å². The van der Waals surface area contributed by atoms with E-state index in [1.54, 1.807) is 6.26 Å². The Balaban J connectivity index is -0.0000000424. The molecule has 12 nitrogen and oxygen atoms in total. The van der Waals surface area contributed by atoms with Gasteiger partial charge in [0.15, 0.2) is 0 Å². The average Bonchev–Trinajstić information content (AvgIpc) is 2.79. The van der Waals surface area contributed by atoms with Crippen LogP contribution in [0, 0.1) is 176 Å². The van der Waals surface area contributed by atoms with Crippen molar-refractivity contribution in [3.63, 3.8) is 0 Å². The molecule has 0 aromatic heterocycles. The molecule has 0 aliphatic rings. The number of aliphatic carboxylic acids is 2. The number of nitrogens with one attached hydrogen (secondary N) is 4. The first-order valence-corrected chi connectivity index (χ1v) is 14.3. The molecule has 4 unspecified atom stereocenters. The van der Waals surface area contributed by atoms with Gasteiger partial charge in [0, 0.05) is 176 Å². The maximum Gasteiger partial charge on any atom is 0.321 e. The first-order chi connectivity index (χ1) is 15.8. The van der Waals surface area contributed by atoms with Crippen molar-refractivity contribution in [1.82, 2.24) is 0 Å². The summed E-state index contributed by atoms with van der Waals surface area (Å²) in [5.41, 5.74) is 35.5. The topological polar surface area (TPSA) is 240 Å². The van der Waals surface area contributed by atoms with Crippen LogP contribution < -0.4 is 0 Å². The Kier molecular flexibility index (Phi) is 85.6. The number of carboxylic acid groups (broad SMARTS) is 2. The van der Waals surface area contributed by atoms with Crippen LogP contribution in [0.25, 0.3) is 28.5 Å². The summed E-state index contributed by atoms with van der Waals surface area (Å²) in [4.78, 5) is 43.3. The molecule has 4 atom stereocenters. The van der Waals surface area contributed by atoms with E-state index >= 15 is 0 Å². The summed E-state index contributed by atoms with van der Waals surface area (Å²) in [6, 6.07) is -3.45. The number of ketones is 2. The molecule has 0 fully saturated rings. The first-order valence-electron chi connectivity index (χ1n) is 8.98. The van der Waals surface area contributed by atoms with Gasteiger partial charge in [0.05, 0.1) is 5.88 Å². The molecule has 6 N–H and O–H groups in total. The van der Waals surface area contributed by atoms with Gasteiger partial charge in [-0.05, 0) is 53.9 Å². The van der Waals surface area contributed by atoms with Crippen molar-refractivity contribution >= 4 is 102 Å². The van der Waals surface area contributed by atoms with E-state index in [0.717, 1.165) is 6.21 Å². The molecule has 0 saturated heterocycles. The third kappa shape index (κ3) is 53.0. The second-order valence-electron chi connectivity index (χ2n) is 5.68. The van der Waals surface area contributed by atoms with E-state index in [4.69, 9.17) is 50.3 Å². The van der Waals surface area contributed by atoms with Gasteiger partial charge >= 0.3 is 6.21 Å². The zero-order valence-electron chi connectivity index (χ0n) is 21.6. The minimum Gasteiger partial charge on any atom is -0.668 e. The molecule has 0 aliphatic carbocycles. The SMILES string of the molecule is CSCC([NH-])C(=O)C=[N+]=[N-].CSCC([NH-])C(=O)CCl.CSCC([NH-])C(=O)O.Cl.[Ac].[Ac].[Ac].[Ac].[NH-]C(CS)C(=O)O. The molecule has 39 heavy (non-hydrogen) atoms. The fraction of sp³-hybridized carbons (Fsp3) is 0.706. The summed E-state index contributed by atoms with van der Waals surface area (Å²) in [6.07, 6.45) is 6.21. The van der Waals surface area contributed by atoms with E-state index in [-0.39, 0.29) is 206 Å². The Morgan fingerprint density at radius 1 is 0.821 bits per heavy atom. The minimum absolute atomic E-state index is 0. The Morgan fingerprint density at radius 2 is 1.15 bits per heavy atom. The van der Waals surface area contributed by atoms with Crippen molar-refractivity contribution in [3.05, 3.63) is 28.5 Å². The van der Waals surface area contributed by atoms with Crippen LogP contribution in [0.1, 0.15) is 0 Å². The maximum absolute atomic E-state index is 10.6. The van der Waals surface area contributed by atoms with Crippen molar-refractivity contribution in [1.29, 1.82) is 0 Å². The molecule has 22 heteroatoms. The van der Waals surface area contributed by atoms with Crippen LogP contribution in [-0.2, 0) is 19.2 Å². The number of hydrogen-bond acceptors (Lipinski definition) is 8. The minimum atomic E-state index is -1.12. The van der Waals surface area contributed by atoms with Gasteiger partial charge in [-0.1, -0.05) is 12.1 Å². The van der Waals surface area contributed by atoms with Gasteiger partial charge in [0.2, 0.25) is 5.78 Å². The third-order valence-corrected chi connectivity index (χ3v) is 5.46. The van der Waals surface area contributed by atoms with E-state index in [1.807, 2.05) is 12.5 Å². The maximum atomic E-state index is 10.6. The number of hydrogen-bond donors (Lipinski definition) is 3. The number of alkyl halides is 1. The molecule has 0 aromatic carbocycles. The van der Waals surface area contributed by atoms with Crippen LogP contribution in [0.15, 0.2) is 0 Å². The number of rotatable bonds is 13. The van der Waals surface area contributed by atoms with Crippen LogP contribution in [0.2, 0.25) is 0 Å². The molecular weight excluding hydrogens is 1490 g/mol. The number of halogens is 2. The van der Waals surface area contributed by atoms with Gasteiger partial charge in [-0.25, -0.2) is 0 Å². The van der Waals surface area contributed by atoms with E-state index in [1.165, 1.54) is 35.3 Å². The fourth-order valence-corrected chi connectivity index (χ4v) is 2.90. The quantitative estimate of drug-likeness (QED) is 0.0796. The molecule has 220 valence electrons. The average molecular weight is 1520 g/mol. The fourth-order valence-electron chi connectivity index (χ4n) is 1.06. The summed E-state index contributed by atoms with van der Waals surface area (Å²) in [7, 11) is 0.